The average molecular weight is 313 g/mol. The molecule has 2 atom stereocenters. The number of amides is 1. The van der Waals surface area contributed by atoms with Crippen molar-refractivity contribution in [2.45, 2.75) is 26.3 Å². The summed E-state index contributed by atoms with van der Waals surface area (Å²) in [6.07, 6.45) is 4.20. The number of rotatable bonds is 3. The van der Waals surface area contributed by atoms with E-state index in [0.717, 1.165) is 11.3 Å². The van der Waals surface area contributed by atoms with Gasteiger partial charge in [0.05, 0.1) is 17.8 Å². The zero-order chi connectivity index (χ0) is 16.6. The van der Waals surface area contributed by atoms with E-state index in [4.69, 9.17) is 0 Å². The number of aliphatic carboxylic acids is 1. The van der Waals surface area contributed by atoms with Crippen LogP contribution in [0.15, 0.2) is 36.7 Å². The second-order valence-electron chi connectivity index (χ2n) is 5.98. The van der Waals surface area contributed by atoms with Crippen molar-refractivity contribution in [3.63, 3.8) is 0 Å². The van der Waals surface area contributed by atoms with E-state index in [-0.39, 0.29) is 11.9 Å². The van der Waals surface area contributed by atoms with Gasteiger partial charge in [0.2, 0.25) is 0 Å². The maximum atomic E-state index is 12.6. The summed E-state index contributed by atoms with van der Waals surface area (Å²) in [5.74, 6) is -1.44. The van der Waals surface area contributed by atoms with Gasteiger partial charge >= 0.3 is 5.97 Å². The first kappa shape index (κ1) is 15.3. The Labute approximate surface area is 134 Å². The van der Waals surface area contributed by atoms with E-state index in [2.05, 4.69) is 5.10 Å². The fourth-order valence-corrected chi connectivity index (χ4v) is 3.03. The van der Waals surface area contributed by atoms with Crippen molar-refractivity contribution >= 4 is 11.9 Å². The highest BCUT2D eigenvalue weighted by atomic mass is 16.4. The van der Waals surface area contributed by atoms with E-state index in [9.17, 15) is 14.7 Å². The first-order valence-corrected chi connectivity index (χ1v) is 7.63. The van der Waals surface area contributed by atoms with E-state index in [1.165, 1.54) is 0 Å². The Bertz CT molecular complexity index is 736. The highest BCUT2D eigenvalue weighted by molar-refractivity contribution is 5.95. The van der Waals surface area contributed by atoms with Crippen molar-refractivity contribution in [3.05, 3.63) is 47.8 Å². The molecule has 1 N–H and O–H groups in total. The number of likely N-dealkylation sites (tertiary alicyclic amines) is 1. The molecule has 0 radical (unpaired) electrons. The third kappa shape index (κ3) is 2.84. The fourth-order valence-electron chi connectivity index (χ4n) is 3.03. The second-order valence-corrected chi connectivity index (χ2v) is 5.98. The number of hydrogen-bond donors (Lipinski definition) is 1. The summed E-state index contributed by atoms with van der Waals surface area (Å²) in [4.78, 5) is 25.4. The van der Waals surface area contributed by atoms with Crippen LogP contribution in [0, 0.1) is 12.8 Å². The Morgan fingerprint density at radius 1 is 1.26 bits per heavy atom. The molecule has 2 unspecified atom stereocenters. The van der Waals surface area contributed by atoms with Gasteiger partial charge in [-0.25, -0.2) is 4.68 Å². The summed E-state index contributed by atoms with van der Waals surface area (Å²) in [5, 5.41) is 13.4. The molecule has 0 aliphatic carbocycles. The molecule has 0 spiro atoms. The zero-order valence-electron chi connectivity index (χ0n) is 13.1. The number of carbonyl (C=O) groups excluding carboxylic acids is 1. The topological polar surface area (TPSA) is 75.4 Å². The fraction of sp³-hybridized carbons (Fsp3) is 0.353. The molecule has 2 aromatic rings. The summed E-state index contributed by atoms with van der Waals surface area (Å²) >= 11 is 0. The molecular formula is C17H19N3O3. The molecule has 6 heteroatoms. The molecule has 1 fully saturated rings. The lowest BCUT2D eigenvalue weighted by Gasteiger charge is -2.23. The van der Waals surface area contributed by atoms with Gasteiger partial charge in [-0.1, -0.05) is 0 Å². The van der Waals surface area contributed by atoms with Crippen molar-refractivity contribution in [1.29, 1.82) is 0 Å². The smallest absolute Gasteiger partial charge is 0.308 e. The van der Waals surface area contributed by atoms with Crippen molar-refractivity contribution in [3.8, 4) is 5.69 Å². The third-order valence-electron chi connectivity index (χ3n) is 4.42. The monoisotopic (exact) mass is 313 g/mol. The summed E-state index contributed by atoms with van der Waals surface area (Å²) < 4.78 is 1.75. The molecule has 1 aromatic carbocycles. The van der Waals surface area contributed by atoms with Crippen LogP contribution < -0.4 is 0 Å². The molecule has 3 rings (SSSR count). The van der Waals surface area contributed by atoms with Gasteiger partial charge < -0.3 is 10.0 Å². The molecule has 1 aromatic heterocycles. The zero-order valence-corrected chi connectivity index (χ0v) is 13.1. The Hall–Kier alpha value is -2.63. The van der Waals surface area contributed by atoms with Crippen LogP contribution in [0.2, 0.25) is 0 Å². The summed E-state index contributed by atoms with van der Waals surface area (Å²) in [6, 6.07) is 6.92. The number of benzene rings is 1. The van der Waals surface area contributed by atoms with E-state index < -0.39 is 11.9 Å². The molecule has 2 heterocycles. The lowest BCUT2D eigenvalue weighted by molar-refractivity contribution is -0.142. The SMILES string of the molecule is Cc1cnn(-c2ccc(C(=O)N3CCC(C(=O)O)C3C)cc2)c1. The highest BCUT2D eigenvalue weighted by Gasteiger charge is 2.38. The lowest BCUT2D eigenvalue weighted by Crippen LogP contribution is -2.37. The van der Waals surface area contributed by atoms with Crippen LogP contribution in [0.5, 0.6) is 0 Å². The Balaban J connectivity index is 1.77. The number of carboxylic acid groups (broad SMARTS) is 1. The Morgan fingerprint density at radius 3 is 2.48 bits per heavy atom. The van der Waals surface area contributed by atoms with Gasteiger partial charge in [-0.05, 0) is 50.1 Å². The van der Waals surface area contributed by atoms with Crippen molar-refractivity contribution < 1.29 is 14.7 Å². The molecule has 6 nitrogen and oxygen atoms in total. The molecule has 1 amide bonds. The van der Waals surface area contributed by atoms with Crippen molar-refractivity contribution in [1.82, 2.24) is 14.7 Å². The van der Waals surface area contributed by atoms with Gasteiger partial charge in [-0.2, -0.15) is 5.10 Å². The standard InChI is InChI=1S/C17H19N3O3/c1-11-9-18-20(10-11)14-5-3-13(4-6-14)16(21)19-8-7-15(12(19)2)17(22)23/h3-6,9-10,12,15H,7-8H2,1-2H3,(H,22,23). The summed E-state index contributed by atoms with van der Waals surface area (Å²) in [6.45, 7) is 4.25. The predicted octanol–water partition coefficient (Wildman–Crippen LogP) is 2.12. The summed E-state index contributed by atoms with van der Waals surface area (Å²) in [7, 11) is 0. The first-order valence-electron chi connectivity index (χ1n) is 7.63. The van der Waals surface area contributed by atoms with Crippen LogP contribution in [-0.2, 0) is 4.79 Å². The molecular weight excluding hydrogens is 294 g/mol. The van der Waals surface area contributed by atoms with Gasteiger partial charge in [-0.15, -0.1) is 0 Å². The van der Waals surface area contributed by atoms with Gasteiger partial charge in [-0.3, -0.25) is 9.59 Å². The predicted molar refractivity (Wildman–Crippen MR) is 84.5 cm³/mol. The Morgan fingerprint density at radius 2 is 1.96 bits per heavy atom. The highest BCUT2D eigenvalue weighted by Crippen LogP contribution is 2.26. The number of aromatic nitrogens is 2. The van der Waals surface area contributed by atoms with Gasteiger partial charge in [0.15, 0.2) is 0 Å². The molecule has 1 aliphatic rings. The second kappa shape index (κ2) is 5.87. The molecule has 23 heavy (non-hydrogen) atoms. The normalized spacial score (nSPS) is 20.7. The first-order chi connectivity index (χ1) is 11.0. The number of hydrogen-bond acceptors (Lipinski definition) is 3. The van der Waals surface area contributed by atoms with Crippen LogP contribution >= 0.6 is 0 Å². The average Bonchev–Trinajstić information content (AvgIpc) is 3.13. The summed E-state index contributed by atoms with van der Waals surface area (Å²) in [5.41, 5.74) is 2.51. The van der Waals surface area contributed by atoms with Crippen molar-refractivity contribution in [2.24, 2.45) is 5.92 Å². The largest absolute Gasteiger partial charge is 0.481 e. The maximum absolute atomic E-state index is 12.6. The van der Waals surface area contributed by atoms with Crippen molar-refractivity contribution in [2.75, 3.05) is 6.54 Å². The van der Waals surface area contributed by atoms with Gasteiger partial charge in [0, 0.05) is 24.3 Å². The Kier molecular flexibility index (Phi) is 3.90. The van der Waals surface area contributed by atoms with Crippen LogP contribution in [0.3, 0.4) is 0 Å². The third-order valence-corrected chi connectivity index (χ3v) is 4.42. The number of carboxylic acids is 1. The number of carbonyl (C=O) groups is 2. The van der Waals surface area contributed by atoms with Crippen LogP contribution in [-0.4, -0.2) is 44.3 Å². The maximum Gasteiger partial charge on any atom is 0.308 e. The van der Waals surface area contributed by atoms with Gasteiger partial charge in [0.1, 0.15) is 0 Å². The molecule has 120 valence electrons. The van der Waals surface area contributed by atoms with Crippen LogP contribution in [0.25, 0.3) is 5.69 Å². The number of nitrogens with zero attached hydrogens (tertiary/aromatic N) is 3. The molecule has 0 saturated carbocycles. The van der Waals surface area contributed by atoms with Crippen LogP contribution in [0.4, 0.5) is 0 Å². The van der Waals surface area contributed by atoms with E-state index in [0.29, 0.717) is 18.5 Å². The minimum Gasteiger partial charge on any atom is -0.481 e. The van der Waals surface area contributed by atoms with Gasteiger partial charge in [0.25, 0.3) is 5.91 Å². The van der Waals surface area contributed by atoms with E-state index in [1.807, 2.05) is 25.3 Å². The quantitative estimate of drug-likeness (QED) is 0.941. The minimum absolute atomic E-state index is 0.121. The van der Waals surface area contributed by atoms with E-state index in [1.54, 1.807) is 34.8 Å². The molecule has 1 saturated heterocycles. The lowest BCUT2D eigenvalue weighted by atomic mass is 10.0. The van der Waals surface area contributed by atoms with E-state index >= 15 is 0 Å². The minimum atomic E-state index is -0.836. The molecule has 1 aliphatic heterocycles. The number of aryl methyl sites for hydroxylation is 1. The molecule has 0 bridgehead atoms. The van der Waals surface area contributed by atoms with Crippen LogP contribution in [0.1, 0.15) is 29.3 Å².